The zero-order valence-electron chi connectivity index (χ0n) is 15.2. The highest BCUT2D eigenvalue weighted by molar-refractivity contribution is 9.10. The van der Waals surface area contributed by atoms with E-state index in [1.165, 1.54) is 24.4 Å². The minimum atomic E-state index is -0.512. The van der Waals surface area contributed by atoms with Crippen LogP contribution in [0.5, 0.6) is 11.5 Å². The quantitative estimate of drug-likeness (QED) is 0.478. The average molecular weight is 441 g/mol. The van der Waals surface area contributed by atoms with Crippen molar-refractivity contribution in [1.82, 2.24) is 9.88 Å². The molecule has 2 aromatic carbocycles. The van der Waals surface area contributed by atoms with E-state index in [9.17, 15) is 9.18 Å². The predicted octanol–water partition coefficient (Wildman–Crippen LogP) is 5.45. The van der Waals surface area contributed by atoms with Crippen LogP contribution in [0.2, 0.25) is 0 Å². The summed E-state index contributed by atoms with van der Waals surface area (Å²) in [5.41, 5.74) is 1.59. The second kappa shape index (κ2) is 9.28. The van der Waals surface area contributed by atoms with Gasteiger partial charge in [-0.3, -0.25) is 9.78 Å². The fraction of sp³-hybridized carbons (Fsp3) is 0.0909. The molecule has 0 radical (unpaired) electrons. The average Bonchev–Trinajstić information content (AvgIpc) is 2.70. The van der Waals surface area contributed by atoms with Gasteiger partial charge in [-0.1, -0.05) is 34.1 Å². The van der Waals surface area contributed by atoms with Crippen molar-refractivity contribution in [3.8, 4) is 11.5 Å². The molecule has 1 aromatic heterocycles. The zero-order chi connectivity index (χ0) is 19.9. The predicted molar refractivity (Wildman–Crippen MR) is 110 cm³/mol. The van der Waals surface area contributed by atoms with Gasteiger partial charge in [0.25, 0.3) is 0 Å². The van der Waals surface area contributed by atoms with Crippen LogP contribution in [0.3, 0.4) is 0 Å². The minimum Gasteiger partial charge on any atom is -0.453 e. The van der Waals surface area contributed by atoms with Crippen LogP contribution in [0.4, 0.5) is 4.39 Å². The van der Waals surface area contributed by atoms with Crippen LogP contribution in [0, 0.1) is 5.82 Å². The monoisotopic (exact) mass is 440 g/mol. The third-order valence-electron chi connectivity index (χ3n) is 3.95. The lowest BCUT2D eigenvalue weighted by molar-refractivity contribution is -0.125. The third-order valence-corrected chi connectivity index (χ3v) is 4.47. The Labute approximate surface area is 171 Å². The summed E-state index contributed by atoms with van der Waals surface area (Å²) in [5, 5.41) is 0. The Morgan fingerprint density at radius 3 is 2.68 bits per heavy atom. The first-order valence-electron chi connectivity index (χ1n) is 8.56. The number of aromatic nitrogens is 1. The fourth-order valence-electron chi connectivity index (χ4n) is 2.47. The van der Waals surface area contributed by atoms with Crippen LogP contribution < -0.4 is 4.74 Å². The number of likely N-dealkylation sites (N-methyl/N-ethyl adjacent to an activating group) is 1. The summed E-state index contributed by atoms with van der Waals surface area (Å²) in [7, 11) is 1.72. The van der Waals surface area contributed by atoms with Crippen LogP contribution in [0.15, 0.2) is 77.5 Å². The van der Waals surface area contributed by atoms with Gasteiger partial charge in [-0.15, -0.1) is 0 Å². The zero-order valence-corrected chi connectivity index (χ0v) is 16.8. The summed E-state index contributed by atoms with van der Waals surface area (Å²) < 4.78 is 20.7. The van der Waals surface area contributed by atoms with Crippen LogP contribution in [0.1, 0.15) is 11.1 Å². The highest BCUT2D eigenvalue weighted by Gasteiger charge is 2.08. The Balaban J connectivity index is 1.62. The summed E-state index contributed by atoms with van der Waals surface area (Å²) in [6, 6.07) is 15.7. The van der Waals surface area contributed by atoms with E-state index in [0.29, 0.717) is 17.9 Å². The maximum Gasteiger partial charge on any atom is 0.246 e. The molecule has 0 saturated heterocycles. The number of hydrogen-bond donors (Lipinski definition) is 0. The molecule has 28 heavy (non-hydrogen) atoms. The molecule has 6 heteroatoms. The molecule has 0 N–H and O–H groups in total. The summed E-state index contributed by atoms with van der Waals surface area (Å²) in [4.78, 5) is 17.8. The van der Waals surface area contributed by atoms with Gasteiger partial charge < -0.3 is 9.64 Å². The maximum absolute atomic E-state index is 14.3. The summed E-state index contributed by atoms with van der Waals surface area (Å²) >= 11 is 3.39. The van der Waals surface area contributed by atoms with Gasteiger partial charge in [-0.05, 0) is 53.6 Å². The number of carbonyl (C=O) groups is 1. The Morgan fingerprint density at radius 1 is 1.21 bits per heavy atom. The van der Waals surface area contributed by atoms with Crippen molar-refractivity contribution in [2.24, 2.45) is 0 Å². The normalized spacial score (nSPS) is 10.8. The van der Waals surface area contributed by atoms with Gasteiger partial charge in [0, 0.05) is 30.3 Å². The number of hydrogen-bond acceptors (Lipinski definition) is 3. The molecule has 0 fully saturated rings. The van der Waals surface area contributed by atoms with Crippen LogP contribution in [-0.4, -0.2) is 22.8 Å². The van der Waals surface area contributed by atoms with Gasteiger partial charge in [0.2, 0.25) is 5.91 Å². The first-order chi connectivity index (χ1) is 13.5. The lowest BCUT2D eigenvalue weighted by atomic mass is 10.2. The standard InChI is InChI=1S/C22H18BrFN2O2/c1-26(15-17-4-8-18(23)9-5-17)22(27)11-7-16-6-10-21(20(24)13-16)28-19-3-2-12-25-14-19/h2-14H,15H2,1H3/b11-7+. The van der Waals surface area contributed by atoms with Crippen molar-refractivity contribution in [3.05, 3.63) is 94.5 Å². The number of pyridine rings is 1. The molecule has 4 nitrogen and oxygen atoms in total. The number of halogens is 2. The van der Waals surface area contributed by atoms with Gasteiger partial charge in [0.05, 0.1) is 6.20 Å². The second-order valence-electron chi connectivity index (χ2n) is 6.13. The molecule has 0 unspecified atom stereocenters. The van der Waals surface area contributed by atoms with Crippen molar-refractivity contribution in [2.45, 2.75) is 6.54 Å². The van der Waals surface area contributed by atoms with Crippen molar-refractivity contribution in [1.29, 1.82) is 0 Å². The molecule has 1 heterocycles. The van der Waals surface area contributed by atoms with E-state index >= 15 is 0 Å². The van der Waals surface area contributed by atoms with Crippen molar-refractivity contribution in [3.63, 3.8) is 0 Å². The van der Waals surface area contributed by atoms with E-state index < -0.39 is 5.82 Å². The molecule has 0 aliphatic rings. The van der Waals surface area contributed by atoms with Crippen LogP contribution >= 0.6 is 15.9 Å². The smallest absolute Gasteiger partial charge is 0.246 e. The number of ether oxygens (including phenoxy) is 1. The Hall–Kier alpha value is -2.99. The number of amides is 1. The summed E-state index contributed by atoms with van der Waals surface area (Å²) in [6.45, 7) is 0.489. The lowest BCUT2D eigenvalue weighted by Crippen LogP contribution is -2.24. The molecule has 0 saturated carbocycles. The van der Waals surface area contributed by atoms with Gasteiger partial charge in [-0.25, -0.2) is 4.39 Å². The molecule has 1 amide bonds. The van der Waals surface area contributed by atoms with Crippen LogP contribution in [0.25, 0.3) is 6.08 Å². The van der Waals surface area contributed by atoms with Gasteiger partial charge in [0.15, 0.2) is 11.6 Å². The minimum absolute atomic E-state index is 0.101. The lowest BCUT2D eigenvalue weighted by Gasteiger charge is -2.15. The molecule has 3 rings (SSSR count). The topological polar surface area (TPSA) is 42.4 Å². The molecule has 0 aliphatic carbocycles. The van der Waals surface area contributed by atoms with E-state index in [2.05, 4.69) is 20.9 Å². The number of nitrogens with zero attached hydrogens (tertiary/aromatic N) is 2. The van der Waals surface area contributed by atoms with Crippen molar-refractivity contribution >= 4 is 27.9 Å². The fourth-order valence-corrected chi connectivity index (χ4v) is 2.74. The molecule has 0 atom stereocenters. The Kier molecular flexibility index (Phi) is 6.55. The van der Waals surface area contributed by atoms with Crippen molar-refractivity contribution in [2.75, 3.05) is 7.05 Å². The van der Waals surface area contributed by atoms with Gasteiger partial charge >= 0.3 is 0 Å². The molecule has 3 aromatic rings. The van der Waals surface area contributed by atoms with E-state index in [1.54, 1.807) is 42.4 Å². The largest absolute Gasteiger partial charge is 0.453 e. The van der Waals surface area contributed by atoms with E-state index in [4.69, 9.17) is 4.74 Å². The summed E-state index contributed by atoms with van der Waals surface area (Å²) in [5.74, 6) is -0.126. The second-order valence-corrected chi connectivity index (χ2v) is 7.05. The highest BCUT2D eigenvalue weighted by atomic mass is 79.9. The molecule has 142 valence electrons. The Morgan fingerprint density at radius 2 is 2.00 bits per heavy atom. The van der Waals surface area contributed by atoms with Gasteiger partial charge in [-0.2, -0.15) is 0 Å². The summed E-state index contributed by atoms with van der Waals surface area (Å²) in [6.07, 6.45) is 6.13. The van der Waals surface area contributed by atoms with E-state index in [0.717, 1.165) is 10.0 Å². The maximum atomic E-state index is 14.3. The van der Waals surface area contributed by atoms with E-state index in [1.807, 2.05) is 24.3 Å². The van der Waals surface area contributed by atoms with Crippen molar-refractivity contribution < 1.29 is 13.9 Å². The number of carbonyl (C=O) groups excluding carboxylic acids is 1. The van der Waals surface area contributed by atoms with Crippen LogP contribution in [-0.2, 0) is 11.3 Å². The molecule has 0 bridgehead atoms. The first kappa shape index (κ1) is 19.8. The molecule has 0 aliphatic heterocycles. The molecular formula is C22H18BrFN2O2. The number of benzene rings is 2. The first-order valence-corrected chi connectivity index (χ1v) is 9.35. The van der Waals surface area contributed by atoms with E-state index in [-0.39, 0.29) is 11.7 Å². The number of rotatable bonds is 6. The van der Waals surface area contributed by atoms with Gasteiger partial charge in [0.1, 0.15) is 5.75 Å². The third kappa shape index (κ3) is 5.50. The Bertz CT molecular complexity index is 976. The molecular weight excluding hydrogens is 423 g/mol. The molecule has 0 spiro atoms. The SMILES string of the molecule is CN(Cc1ccc(Br)cc1)C(=O)/C=C/c1ccc(Oc2cccnc2)c(F)c1. The highest BCUT2D eigenvalue weighted by Crippen LogP contribution is 2.24.